The van der Waals surface area contributed by atoms with Gasteiger partial charge in [0.15, 0.2) is 0 Å². The van der Waals surface area contributed by atoms with E-state index in [2.05, 4.69) is 76.6 Å². The average Bonchev–Trinajstić information content (AvgIpc) is 2.59. The van der Waals surface area contributed by atoms with Crippen molar-refractivity contribution < 1.29 is 0 Å². The quantitative estimate of drug-likeness (QED) is 0.625. The van der Waals surface area contributed by atoms with Crippen LogP contribution in [0.5, 0.6) is 0 Å². The van der Waals surface area contributed by atoms with Gasteiger partial charge in [-0.1, -0.05) is 57.2 Å². The van der Waals surface area contributed by atoms with Gasteiger partial charge in [-0.25, -0.2) is 0 Å². The van der Waals surface area contributed by atoms with E-state index in [0.29, 0.717) is 5.92 Å². The molecule has 0 spiro atoms. The van der Waals surface area contributed by atoms with Crippen molar-refractivity contribution in [3.05, 3.63) is 58.7 Å². The monoisotopic (exact) mass is 319 g/mol. The molecule has 0 saturated carbocycles. The molecule has 1 heteroatoms. The lowest BCUT2D eigenvalue weighted by Crippen LogP contribution is -2.25. The molecule has 1 unspecified atom stereocenters. The fourth-order valence-corrected chi connectivity index (χ4v) is 3.76. The zero-order chi connectivity index (χ0) is 17.4. The summed E-state index contributed by atoms with van der Waals surface area (Å²) in [6, 6.07) is 9.33. The second kappa shape index (κ2) is 6.47. The molecule has 126 valence electrons. The molecule has 3 rings (SSSR count). The normalized spacial score (nSPS) is 15.2. The van der Waals surface area contributed by atoms with Gasteiger partial charge in [-0.3, -0.25) is 0 Å². The summed E-state index contributed by atoms with van der Waals surface area (Å²) in [5, 5.41) is 2.77. The number of benzene rings is 2. The number of rotatable bonds is 4. The molecule has 0 bridgehead atoms. The van der Waals surface area contributed by atoms with Crippen molar-refractivity contribution in [3.63, 3.8) is 0 Å². The van der Waals surface area contributed by atoms with E-state index in [1.165, 1.54) is 50.7 Å². The first-order chi connectivity index (χ1) is 11.5. The summed E-state index contributed by atoms with van der Waals surface area (Å²) in [7, 11) is 2.20. The molecule has 1 heterocycles. The molecule has 2 aromatic rings. The predicted molar refractivity (Wildman–Crippen MR) is 108 cm³/mol. The first-order valence-corrected chi connectivity index (χ1v) is 9.13. The van der Waals surface area contributed by atoms with E-state index in [4.69, 9.17) is 0 Å². The SMILES string of the molecule is C=C(CC)C1=Cc2ccc3cc(C(C)CC)cc(C)c3c2N(C)C1. The van der Waals surface area contributed by atoms with E-state index >= 15 is 0 Å². The lowest BCUT2D eigenvalue weighted by atomic mass is 9.89. The molecule has 0 saturated heterocycles. The number of aryl methyl sites for hydroxylation is 1. The molecule has 0 aromatic heterocycles. The van der Waals surface area contributed by atoms with Gasteiger partial charge in [-0.15, -0.1) is 0 Å². The van der Waals surface area contributed by atoms with Crippen LogP contribution < -0.4 is 4.90 Å². The molecule has 2 aromatic carbocycles. The maximum absolute atomic E-state index is 4.23. The minimum absolute atomic E-state index is 0.612. The molecule has 1 atom stereocenters. The lowest BCUT2D eigenvalue weighted by molar-refractivity contribution is 0.734. The third kappa shape index (κ3) is 2.77. The van der Waals surface area contributed by atoms with Crippen LogP contribution in [0.2, 0.25) is 0 Å². The molecule has 0 N–H and O–H groups in total. The number of hydrogen-bond donors (Lipinski definition) is 0. The Morgan fingerprint density at radius 1 is 1.25 bits per heavy atom. The summed E-state index contributed by atoms with van der Waals surface area (Å²) >= 11 is 0. The van der Waals surface area contributed by atoms with E-state index in [9.17, 15) is 0 Å². The van der Waals surface area contributed by atoms with E-state index < -0.39 is 0 Å². The maximum atomic E-state index is 4.23. The zero-order valence-electron chi connectivity index (χ0n) is 15.7. The summed E-state index contributed by atoms with van der Waals surface area (Å²) in [6.45, 7) is 14.2. The van der Waals surface area contributed by atoms with Gasteiger partial charge in [0.2, 0.25) is 0 Å². The minimum atomic E-state index is 0.612. The van der Waals surface area contributed by atoms with Crippen molar-refractivity contribution in [1.29, 1.82) is 0 Å². The fourth-order valence-electron chi connectivity index (χ4n) is 3.76. The molecule has 0 aliphatic carbocycles. The highest BCUT2D eigenvalue weighted by molar-refractivity contribution is 6.02. The summed E-state index contributed by atoms with van der Waals surface area (Å²) in [5.74, 6) is 0.612. The second-order valence-electron chi connectivity index (χ2n) is 7.23. The van der Waals surface area contributed by atoms with Crippen molar-refractivity contribution in [2.75, 3.05) is 18.5 Å². The van der Waals surface area contributed by atoms with E-state index in [0.717, 1.165) is 13.0 Å². The Balaban J connectivity index is 2.21. The molecule has 0 radical (unpaired) electrons. The highest BCUT2D eigenvalue weighted by Gasteiger charge is 2.20. The zero-order valence-corrected chi connectivity index (χ0v) is 15.7. The predicted octanol–water partition coefficient (Wildman–Crippen LogP) is 6.46. The van der Waals surface area contributed by atoms with Gasteiger partial charge in [0, 0.05) is 19.0 Å². The first kappa shape index (κ1) is 16.8. The highest BCUT2D eigenvalue weighted by Crippen LogP contribution is 2.39. The van der Waals surface area contributed by atoms with E-state index in [-0.39, 0.29) is 0 Å². The Kier molecular flexibility index (Phi) is 4.54. The maximum Gasteiger partial charge on any atom is 0.0522 e. The van der Waals surface area contributed by atoms with Crippen molar-refractivity contribution in [2.24, 2.45) is 0 Å². The number of nitrogens with zero attached hydrogens (tertiary/aromatic N) is 1. The smallest absolute Gasteiger partial charge is 0.0522 e. The van der Waals surface area contributed by atoms with E-state index in [1.807, 2.05) is 0 Å². The Labute approximate surface area is 146 Å². The van der Waals surface area contributed by atoms with Gasteiger partial charge < -0.3 is 4.90 Å². The van der Waals surface area contributed by atoms with Crippen LogP contribution in [-0.2, 0) is 0 Å². The van der Waals surface area contributed by atoms with Gasteiger partial charge in [-0.05, 0) is 59.4 Å². The van der Waals surface area contributed by atoms with Crippen LogP contribution in [0.4, 0.5) is 5.69 Å². The van der Waals surface area contributed by atoms with Crippen LogP contribution in [0, 0.1) is 6.92 Å². The van der Waals surface area contributed by atoms with Gasteiger partial charge in [0.05, 0.1) is 5.69 Å². The second-order valence-corrected chi connectivity index (χ2v) is 7.23. The fraction of sp³-hybridized carbons (Fsp3) is 0.391. The minimum Gasteiger partial charge on any atom is -0.369 e. The number of anilines is 1. The van der Waals surface area contributed by atoms with Crippen LogP contribution in [0.25, 0.3) is 16.8 Å². The Hall–Kier alpha value is -2.02. The molecule has 0 amide bonds. The molecular weight excluding hydrogens is 290 g/mol. The lowest BCUT2D eigenvalue weighted by Gasteiger charge is -2.30. The number of hydrogen-bond acceptors (Lipinski definition) is 1. The van der Waals surface area contributed by atoms with Crippen molar-refractivity contribution in [2.45, 2.75) is 46.5 Å². The standard InChI is InChI=1S/C23H29N/c1-7-15(3)20-11-17(5)22-18(12-20)9-10-19-13-21(16(4)8-2)14-24(6)23(19)22/h9-13,15H,4,7-8,14H2,1-3,5-6H3. The van der Waals surface area contributed by atoms with Crippen LogP contribution in [0.1, 0.15) is 56.2 Å². The van der Waals surface area contributed by atoms with Gasteiger partial charge in [0.25, 0.3) is 0 Å². The molecule has 1 aliphatic heterocycles. The Bertz CT molecular complexity index is 826. The van der Waals surface area contributed by atoms with Crippen molar-refractivity contribution in [3.8, 4) is 0 Å². The topological polar surface area (TPSA) is 3.24 Å². The summed E-state index contributed by atoms with van der Waals surface area (Å²) in [5.41, 5.74) is 8.14. The van der Waals surface area contributed by atoms with E-state index in [1.54, 1.807) is 0 Å². The molecule has 24 heavy (non-hydrogen) atoms. The third-order valence-corrected chi connectivity index (χ3v) is 5.52. The van der Waals surface area contributed by atoms with Gasteiger partial charge >= 0.3 is 0 Å². The number of fused-ring (bicyclic) bond motifs is 3. The Morgan fingerprint density at radius 3 is 2.67 bits per heavy atom. The first-order valence-electron chi connectivity index (χ1n) is 9.13. The summed E-state index contributed by atoms with van der Waals surface area (Å²) in [6.07, 6.45) is 4.53. The molecule has 0 fully saturated rings. The largest absolute Gasteiger partial charge is 0.369 e. The van der Waals surface area contributed by atoms with Crippen LogP contribution >= 0.6 is 0 Å². The van der Waals surface area contributed by atoms with Crippen molar-refractivity contribution >= 4 is 22.5 Å². The van der Waals surface area contributed by atoms with Gasteiger partial charge in [-0.2, -0.15) is 0 Å². The Morgan fingerprint density at radius 2 is 2.00 bits per heavy atom. The van der Waals surface area contributed by atoms with Crippen LogP contribution in [0.3, 0.4) is 0 Å². The van der Waals surface area contributed by atoms with Crippen LogP contribution in [0.15, 0.2) is 42.0 Å². The highest BCUT2D eigenvalue weighted by atomic mass is 15.1. The summed E-state index contributed by atoms with van der Waals surface area (Å²) in [4.78, 5) is 2.39. The molecule has 1 aliphatic rings. The average molecular weight is 319 g/mol. The van der Waals surface area contributed by atoms with Crippen molar-refractivity contribution in [1.82, 2.24) is 0 Å². The van der Waals surface area contributed by atoms with Gasteiger partial charge in [0.1, 0.15) is 0 Å². The number of likely N-dealkylation sites (N-methyl/N-ethyl adjacent to an activating group) is 1. The van der Waals surface area contributed by atoms with Crippen LogP contribution in [-0.4, -0.2) is 13.6 Å². The third-order valence-electron chi connectivity index (χ3n) is 5.52. The molecular formula is C23H29N. The molecule has 1 nitrogen and oxygen atoms in total. The summed E-state index contributed by atoms with van der Waals surface area (Å²) < 4.78 is 0.